The fourth-order valence-electron chi connectivity index (χ4n) is 1.62. The van der Waals surface area contributed by atoms with Crippen LogP contribution in [0.15, 0.2) is 12.4 Å². The van der Waals surface area contributed by atoms with Gasteiger partial charge < -0.3 is 11.1 Å². The number of aromatic nitrogens is 2. The summed E-state index contributed by atoms with van der Waals surface area (Å²) >= 11 is 0. The van der Waals surface area contributed by atoms with Crippen LogP contribution in [0.1, 0.15) is 25.7 Å². The predicted octanol–water partition coefficient (Wildman–Crippen LogP) is 1.66. The molecule has 1 aliphatic rings. The Kier molecular flexibility index (Phi) is 2.81. The van der Waals surface area contributed by atoms with Crippen molar-refractivity contribution in [3.8, 4) is 0 Å². The first kappa shape index (κ1) is 9.24. The monoisotopic (exact) mass is 192 g/mol. The van der Waals surface area contributed by atoms with E-state index < -0.39 is 0 Å². The third-order valence-corrected chi connectivity index (χ3v) is 2.76. The van der Waals surface area contributed by atoms with E-state index in [1.165, 1.54) is 25.7 Å². The molecular formula is C10H16N4. The van der Waals surface area contributed by atoms with Gasteiger partial charge >= 0.3 is 0 Å². The first-order valence-corrected chi connectivity index (χ1v) is 5.16. The average molecular weight is 192 g/mol. The third kappa shape index (κ3) is 2.34. The summed E-state index contributed by atoms with van der Waals surface area (Å²) in [7, 11) is 0. The zero-order valence-electron chi connectivity index (χ0n) is 8.24. The van der Waals surface area contributed by atoms with Gasteiger partial charge in [-0.05, 0) is 12.3 Å². The summed E-state index contributed by atoms with van der Waals surface area (Å²) in [6.45, 7) is 0.989. The van der Waals surface area contributed by atoms with Crippen LogP contribution in [0.3, 0.4) is 0 Å². The Labute approximate surface area is 83.9 Å². The van der Waals surface area contributed by atoms with Crippen molar-refractivity contribution in [1.82, 2.24) is 9.97 Å². The van der Waals surface area contributed by atoms with E-state index in [0.29, 0.717) is 5.82 Å². The lowest BCUT2D eigenvalue weighted by Crippen LogP contribution is -2.16. The molecule has 0 aromatic carbocycles. The molecule has 1 aromatic heterocycles. The van der Waals surface area contributed by atoms with Crippen LogP contribution in [0.2, 0.25) is 0 Å². The highest BCUT2D eigenvalue weighted by Gasteiger charge is 2.16. The molecule has 0 saturated heterocycles. The summed E-state index contributed by atoms with van der Waals surface area (Å²) in [6, 6.07) is 0. The Bertz CT molecular complexity index is 279. The molecule has 14 heavy (non-hydrogen) atoms. The maximum Gasteiger partial charge on any atom is 0.144 e. The van der Waals surface area contributed by atoms with Crippen LogP contribution in [0.4, 0.5) is 11.6 Å². The molecule has 1 aromatic rings. The maximum atomic E-state index is 5.43. The topological polar surface area (TPSA) is 63.8 Å². The molecule has 1 heterocycles. The normalized spacial score (nSPS) is 16.3. The van der Waals surface area contributed by atoms with Crippen LogP contribution in [0.5, 0.6) is 0 Å². The minimum absolute atomic E-state index is 0.467. The van der Waals surface area contributed by atoms with Gasteiger partial charge in [-0.15, -0.1) is 0 Å². The summed E-state index contributed by atoms with van der Waals surface area (Å²) in [5.41, 5.74) is 5.43. The lowest BCUT2D eigenvalue weighted by molar-refractivity contribution is 0.303. The number of anilines is 2. The summed E-state index contributed by atoms with van der Waals surface area (Å²) < 4.78 is 0. The Balaban J connectivity index is 1.71. The van der Waals surface area contributed by atoms with Gasteiger partial charge in [0.1, 0.15) is 11.6 Å². The van der Waals surface area contributed by atoms with Gasteiger partial charge in [0.05, 0.1) is 12.4 Å². The standard InChI is InChI=1S/C10H16N4/c11-9-6-14-10(7-13-9)12-5-4-8-2-1-3-8/h6-8H,1-5H2,(H2,11,13)(H,12,14). The average Bonchev–Trinajstić information content (AvgIpc) is 2.12. The molecule has 3 N–H and O–H groups in total. The molecule has 1 fully saturated rings. The van der Waals surface area contributed by atoms with Crippen LogP contribution < -0.4 is 11.1 Å². The fourth-order valence-corrected chi connectivity index (χ4v) is 1.62. The van der Waals surface area contributed by atoms with Gasteiger partial charge in [-0.3, -0.25) is 0 Å². The van der Waals surface area contributed by atoms with Crippen molar-refractivity contribution in [2.24, 2.45) is 5.92 Å². The fraction of sp³-hybridized carbons (Fsp3) is 0.600. The lowest BCUT2D eigenvalue weighted by atomic mass is 9.83. The van der Waals surface area contributed by atoms with Crippen LogP contribution >= 0.6 is 0 Å². The molecule has 4 nitrogen and oxygen atoms in total. The zero-order chi connectivity index (χ0) is 9.80. The van der Waals surface area contributed by atoms with E-state index in [9.17, 15) is 0 Å². The van der Waals surface area contributed by atoms with Crippen molar-refractivity contribution >= 4 is 11.6 Å². The predicted molar refractivity (Wildman–Crippen MR) is 56.9 cm³/mol. The van der Waals surface area contributed by atoms with Gasteiger partial charge in [0.25, 0.3) is 0 Å². The molecular weight excluding hydrogens is 176 g/mol. The van der Waals surface area contributed by atoms with Crippen molar-refractivity contribution < 1.29 is 0 Å². The molecule has 76 valence electrons. The van der Waals surface area contributed by atoms with Gasteiger partial charge in [-0.25, -0.2) is 9.97 Å². The third-order valence-electron chi connectivity index (χ3n) is 2.76. The minimum Gasteiger partial charge on any atom is -0.382 e. The smallest absolute Gasteiger partial charge is 0.144 e. The van der Waals surface area contributed by atoms with Gasteiger partial charge in [-0.1, -0.05) is 19.3 Å². The molecule has 0 radical (unpaired) electrons. The minimum atomic E-state index is 0.467. The van der Waals surface area contributed by atoms with E-state index in [0.717, 1.165) is 18.3 Å². The van der Waals surface area contributed by atoms with Gasteiger partial charge in [-0.2, -0.15) is 0 Å². The van der Waals surface area contributed by atoms with Gasteiger partial charge in [0.15, 0.2) is 0 Å². The summed E-state index contributed by atoms with van der Waals surface area (Å²) in [5, 5.41) is 3.24. The number of nitrogens with two attached hydrogens (primary N) is 1. The van der Waals surface area contributed by atoms with E-state index in [4.69, 9.17) is 5.73 Å². The molecule has 0 amide bonds. The molecule has 1 aliphatic carbocycles. The van der Waals surface area contributed by atoms with Crippen LogP contribution in [0, 0.1) is 5.92 Å². The van der Waals surface area contributed by atoms with E-state index >= 15 is 0 Å². The van der Waals surface area contributed by atoms with Crippen molar-refractivity contribution in [3.05, 3.63) is 12.4 Å². The van der Waals surface area contributed by atoms with E-state index in [2.05, 4.69) is 15.3 Å². The largest absolute Gasteiger partial charge is 0.382 e. The van der Waals surface area contributed by atoms with Gasteiger partial charge in [0, 0.05) is 6.54 Å². The highest BCUT2D eigenvalue weighted by molar-refractivity contribution is 5.35. The van der Waals surface area contributed by atoms with E-state index in [-0.39, 0.29) is 0 Å². The van der Waals surface area contributed by atoms with Crippen molar-refractivity contribution in [1.29, 1.82) is 0 Å². The lowest BCUT2D eigenvalue weighted by Gasteiger charge is -2.25. The van der Waals surface area contributed by atoms with E-state index in [1.807, 2.05) is 0 Å². The molecule has 0 atom stereocenters. The van der Waals surface area contributed by atoms with Crippen molar-refractivity contribution in [3.63, 3.8) is 0 Å². The highest BCUT2D eigenvalue weighted by atomic mass is 15.0. The number of nitrogens with one attached hydrogen (secondary N) is 1. The Morgan fingerprint density at radius 3 is 2.79 bits per heavy atom. The molecule has 4 heteroatoms. The number of hydrogen-bond donors (Lipinski definition) is 2. The summed E-state index contributed by atoms with van der Waals surface area (Å²) in [5.74, 6) is 2.22. The highest BCUT2D eigenvalue weighted by Crippen LogP contribution is 2.28. The van der Waals surface area contributed by atoms with Crippen LogP contribution in [-0.2, 0) is 0 Å². The summed E-state index contributed by atoms with van der Waals surface area (Å²) in [6.07, 6.45) is 8.70. The molecule has 0 spiro atoms. The first-order valence-electron chi connectivity index (χ1n) is 5.16. The zero-order valence-corrected chi connectivity index (χ0v) is 8.24. The molecule has 0 unspecified atom stereocenters. The Morgan fingerprint density at radius 2 is 2.21 bits per heavy atom. The second-order valence-electron chi connectivity index (χ2n) is 3.84. The van der Waals surface area contributed by atoms with Crippen LogP contribution in [0.25, 0.3) is 0 Å². The van der Waals surface area contributed by atoms with Crippen LogP contribution in [-0.4, -0.2) is 16.5 Å². The van der Waals surface area contributed by atoms with Crippen molar-refractivity contribution in [2.75, 3.05) is 17.6 Å². The number of nitrogens with zero attached hydrogens (tertiary/aromatic N) is 2. The Hall–Kier alpha value is -1.32. The SMILES string of the molecule is Nc1cnc(NCCC2CCC2)cn1. The molecule has 0 bridgehead atoms. The second kappa shape index (κ2) is 4.26. The molecule has 2 rings (SSSR count). The van der Waals surface area contributed by atoms with Crippen molar-refractivity contribution in [2.45, 2.75) is 25.7 Å². The summed E-state index contributed by atoms with van der Waals surface area (Å²) in [4.78, 5) is 8.08. The van der Waals surface area contributed by atoms with Gasteiger partial charge in [0.2, 0.25) is 0 Å². The first-order chi connectivity index (χ1) is 6.84. The quantitative estimate of drug-likeness (QED) is 0.761. The maximum absolute atomic E-state index is 5.43. The number of rotatable bonds is 4. The van der Waals surface area contributed by atoms with E-state index in [1.54, 1.807) is 12.4 Å². The number of hydrogen-bond acceptors (Lipinski definition) is 4. The number of nitrogen functional groups attached to an aromatic ring is 1. The Morgan fingerprint density at radius 1 is 1.36 bits per heavy atom. The molecule has 1 saturated carbocycles. The second-order valence-corrected chi connectivity index (χ2v) is 3.84. The molecule has 0 aliphatic heterocycles.